The molecule has 0 saturated carbocycles. The molecule has 0 aromatic rings. The number of nitrogens with one attached hydrogen (secondary N) is 2. The molecule has 0 bridgehead atoms. The van der Waals surface area contributed by atoms with Gasteiger partial charge in [0.25, 0.3) is 0 Å². The highest BCUT2D eigenvalue weighted by Gasteiger charge is 2.24. The number of aliphatic carboxylic acids is 1. The summed E-state index contributed by atoms with van der Waals surface area (Å²) in [6.07, 6.45) is 1.96. The first kappa shape index (κ1) is 19.7. The van der Waals surface area contributed by atoms with E-state index >= 15 is 0 Å². The molecule has 0 spiro atoms. The number of nitrogens with two attached hydrogens (primary N) is 2. The summed E-state index contributed by atoms with van der Waals surface area (Å²) in [6.45, 7) is 1.86. The number of hydrogen-bond acceptors (Lipinski definition) is 6. The summed E-state index contributed by atoms with van der Waals surface area (Å²) in [4.78, 5) is 34.3. The molecular weight excluding hydrogens is 296 g/mol. The van der Waals surface area contributed by atoms with Crippen molar-refractivity contribution in [2.75, 3.05) is 12.3 Å². The third-order valence-electron chi connectivity index (χ3n) is 2.85. The number of amides is 2. The fourth-order valence-corrected chi connectivity index (χ4v) is 1.75. The van der Waals surface area contributed by atoms with Crippen LogP contribution in [0, 0.1) is 0 Å². The predicted molar refractivity (Wildman–Crippen MR) is 81.9 cm³/mol. The van der Waals surface area contributed by atoms with E-state index in [-0.39, 0.29) is 5.75 Å². The van der Waals surface area contributed by atoms with Crippen LogP contribution in [0.15, 0.2) is 0 Å². The maximum absolute atomic E-state index is 11.8. The van der Waals surface area contributed by atoms with Gasteiger partial charge in [0, 0.05) is 5.75 Å². The average Bonchev–Trinajstić information content (AvgIpc) is 2.44. The first-order chi connectivity index (χ1) is 9.83. The van der Waals surface area contributed by atoms with Crippen molar-refractivity contribution >= 4 is 30.4 Å². The normalized spacial score (nSPS) is 14.9. The Bertz CT molecular complexity index is 367. The van der Waals surface area contributed by atoms with Crippen molar-refractivity contribution in [2.45, 2.75) is 44.3 Å². The van der Waals surface area contributed by atoms with Gasteiger partial charge >= 0.3 is 5.97 Å². The minimum absolute atomic E-state index is 0.0411. The zero-order valence-corrected chi connectivity index (χ0v) is 12.9. The first-order valence-corrected chi connectivity index (χ1v) is 7.36. The highest BCUT2D eigenvalue weighted by Crippen LogP contribution is 1.99. The molecule has 0 unspecified atom stereocenters. The molecule has 0 aliphatic rings. The van der Waals surface area contributed by atoms with E-state index in [2.05, 4.69) is 23.3 Å². The van der Waals surface area contributed by atoms with Crippen molar-refractivity contribution in [2.24, 2.45) is 11.5 Å². The molecule has 9 heteroatoms. The van der Waals surface area contributed by atoms with E-state index in [1.54, 1.807) is 0 Å². The van der Waals surface area contributed by atoms with Crippen molar-refractivity contribution < 1.29 is 19.5 Å². The Labute approximate surface area is 129 Å². The zero-order chi connectivity index (χ0) is 16.4. The number of carboxylic acids is 1. The fourth-order valence-electron chi connectivity index (χ4n) is 1.49. The van der Waals surface area contributed by atoms with Gasteiger partial charge in [0.1, 0.15) is 12.1 Å². The number of carboxylic acid groups (broad SMARTS) is 1. The summed E-state index contributed by atoms with van der Waals surface area (Å²) in [5.41, 5.74) is 11.1. The average molecular weight is 320 g/mol. The van der Waals surface area contributed by atoms with Crippen LogP contribution in [0.1, 0.15) is 26.2 Å². The van der Waals surface area contributed by atoms with Gasteiger partial charge in [0.05, 0.1) is 6.04 Å². The Morgan fingerprint density at radius 3 is 2.29 bits per heavy atom. The summed E-state index contributed by atoms with van der Waals surface area (Å²) in [7, 11) is 0. The molecule has 8 nitrogen and oxygen atoms in total. The van der Waals surface area contributed by atoms with Crippen molar-refractivity contribution in [3.63, 3.8) is 0 Å². The molecule has 0 heterocycles. The van der Waals surface area contributed by atoms with Crippen LogP contribution in [0.3, 0.4) is 0 Å². The SMILES string of the molecule is C[C@H](NC(=O)[C@H](CS)NC(=O)[C@@H](N)CCCCN)C(=O)O. The number of carbonyl (C=O) groups excluding carboxylic acids is 2. The highest BCUT2D eigenvalue weighted by molar-refractivity contribution is 7.80. The van der Waals surface area contributed by atoms with Gasteiger partial charge in [0.2, 0.25) is 11.8 Å². The quantitative estimate of drug-likeness (QED) is 0.212. The van der Waals surface area contributed by atoms with Crippen molar-refractivity contribution in [1.29, 1.82) is 0 Å². The molecule has 0 radical (unpaired) electrons. The van der Waals surface area contributed by atoms with Crippen LogP contribution >= 0.6 is 12.6 Å². The van der Waals surface area contributed by atoms with E-state index < -0.39 is 35.9 Å². The van der Waals surface area contributed by atoms with Gasteiger partial charge in [0.15, 0.2) is 0 Å². The molecule has 122 valence electrons. The molecule has 7 N–H and O–H groups in total. The van der Waals surface area contributed by atoms with E-state index in [1.807, 2.05) is 0 Å². The van der Waals surface area contributed by atoms with E-state index in [0.29, 0.717) is 13.0 Å². The van der Waals surface area contributed by atoms with E-state index in [9.17, 15) is 14.4 Å². The molecule has 21 heavy (non-hydrogen) atoms. The van der Waals surface area contributed by atoms with Crippen LogP contribution < -0.4 is 22.1 Å². The van der Waals surface area contributed by atoms with Crippen LogP contribution in [-0.4, -0.2) is 53.3 Å². The number of thiol groups is 1. The highest BCUT2D eigenvalue weighted by atomic mass is 32.1. The lowest BCUT2D eigenvalue weighted by atomic mass is 10.1. The van der Waals surface area contributed by atoms with Gasteiger partial charge in [-0.05, 0) is 26.3 Å². The zero-order valence-electron chi connectivity index (χ0n) is 12.0. The standard InChI is InChI=1S/C12H24N4O4S/c1-7(12(19)20)15-11(18)9(6-21)16-10(17)8(14)4-2-3-5-13/h7-9,21H,2-6,13-14H2,1H3,(H,15,18)(H,16,17)(H,19,20)/t7-,8-,9-/m0/s1. The smallest absolute Gasteiger partial charge is 0.325 e. The number of rotatable bonds is 10. The lowest BCUT2D eigenvalue weighted by molar-refractivity contribution is -0.141. The van der Waals surface area contributed by atoms with Crippen LogP contribution in [0.25, 0.3) is 0 Å². The second kappa shape index (κ2) is 10.4. The lowest BCUT2D eigenvalue weighted by Gasteiger charge is -2.20. The maximum atomic E-state index is 11.8. The number of unbranched alkanes of at least 4 members (excludes halogenated alkanes) is 1. The second-order valence-electron chi connectivity index (χ2n) is 4.70. The second-order valence-corrected chi connectivity index (χ2v) is 5.07. The molecule has 0 saturated heterocycles. The Morgan fingerprint density at radius 2 is 1.81 bits per heavy atom. The molecular formula is C12H24N4O4S. The van der Waals surface area contributed by atoms with Gasteiger partial charge < -0.3 is 27.2 Å². The van der Waals surface area contributed by atoms with Gasteiger partial charge in [-0.1, -0.05) is 6.42 Å². The first-order valence-electron chi connectivity index (χ1n) is 6.73. The number of hydrogen-bond donors (Lipinski definition) is 6. The summed E-state index contributed by atoms with van der Waals surface area (Å²) < 4.78 is 0. The van der Waals surface area contributed by atoms with Crippen molar-refractivity contribution in [1.82, 2.24) is 10.6 Å². The Hall–Kier alpha value is -1.32. The summed E-state index contributed by atoms with van der Waals surface area (Å²) in [5, 5.41) is 13.5. The monoisotopic (exact) mass is 320 g/mol. The third kappa shape index (κ3) is 7.88. The summed E-state index contributed by atoms with van der Waals surface area (Å²) >= 11 is 3.98. The molecule has 0 fully saturated rings. The maximum Gasteiger partial charge on any atom is 0.325 e. The van der Waals surface area contributed by atoms with Gasteiger partial charge in [-0.15, -0.1) is 0 Å². The van der Waals surface area contributed by atoms with Crippen molar-refractivity contribution in [3.8, 4) is 0 Å². The van der Waals surface area contributed by atoms with Crippen LogP contribution in [0.5, 0.6) is 0 Å². The summed E-state index contributed by atoms with van der Waals surface area (Å²) in [6, 6.07) is -2.71. The molecule has 0 aromatic heterocycles. The van der Waals surface area contributed by atoms with Crippen LogP contribution in [0.2, 0.25) is 0 Å². The molecule has 0 aliphatic heterocycles. The minimum atomic E-state index is -1.16. The van der Waals surface area contributed by atoms with Gasteiger partial charge in [-0.3, -0.25) is 14.4 Å². The Kier molecular flexibility index (Phi) is 9.76. The number of carbonyl (C=O) groups is 3. The fraction of sp³-hybridized carbons (Fsp3) is 0.750. The summed E-state index contributed by atoms with van der Waals surface area (Å²) in [5.74, 6) is -2.20. The topological polar surface area (TPSA) is 148 Å². The van der Waals surface area contributed by atoms with Crippen LogP contribution in [-0.2, 0) is 14.4 Å². The third-order valence-corrected chi connectivity index (χ3v) is 3.22. The molecule has 0 rings (SSSR count). The van der Waals surface area contributed by atoms with Gasteiger partial charge in [-0.25, -0.2) is 0 Å². The van der Waals surface area contributed by atoms with Crippen LogP contribution in [0.4, 0.5) is 0 Å². The molecule has 0 aliphatic carbocycles. The van der Waals surface area contributed by atoms with E-state index in [1.165, 1.54) is 6.92 Å². The van der Waals surface area contributed by atoms with Crippen molar-refractivity contribution in [3.05, 3.63) is 0 Å². The minimum Gasteiger partial charge on any atom is -0.480 e. The Morgan fingerprint density at radius 1 is 1.19 bits per heavy atom. The molecule has 3 atom stereocenters. The lowest BCUT2D eigenvalue weighted by Crippen LogP contribution is -2.54. The van der Waals surface area contributed by atoms with E-state index in [0.717, 1.165) is 12.8 Å². The Balaban J connectivity index is 4.37. The largest absolute Gasteiger partial charge is 0.480 e. The predicted octanol–water partition coefficient (Wildman–Crippen LogP) is -1.55. The molecule has 0 aromatic carbocycles. The van der Waals surface area contributed by atoms with E-state index in [4.69, 9.17) is 16.6 Å². The molecule has 2 amide bonds. The van der Waals surface area contributed by atoms with Gasteiger partial charge in [-0.2, -0.15) is 12.6 Å².